The van der Waals surface area contributed by atoms with Gasteiger partial charge in [0.05, 0.1) is 30.8 Å². The first-order valence-corrected chi connectivity index (χ1v) is 10.2. The maximum absolute atomic E-state index is 11.4. The molecule has 3 aromatic carbocycles. The lowest BCUT2D eigenvalue weighted by molar-refractivity contribution is 0.0697. The first-order chi connectivity index (χ1) is 15.6. The second-order valence-corrected chi connectivity index (χ2v) is 7.23. The molecule has 1 aromatic heterocycles. The number of aromatic nitrogens is 2. The van der Waals surface area contributed by atoms with Gasteiger partial charge < -0.3 is 23.9 Å². The van der Waals surface area contributed by atoms with E-state index < -0.39 is 5.97 Å². The smallest absolute Gasteiger partial charge is 0.335 e. The second-order valence-electron chi connectivity index (χ2n) is 7.23. The molecule has 0 aliphatic carbocycles. The minimum absolute atomic E-state index is 0.206. The number of ether oxygens (including phenoxy) is 3. The van der Waals surface area contributed by atoms with Crippen LogP contribution in [0.4, 0.5) is 0 Å². The topological polar surface area (TPSA) is 82.8 Å². The number of benzene rings is 3. The average molecular weight is 432 g/mol. The molecule has 4 aromatic rings. The zero-order chi connectivity index (χ0) is 22.5. The third-order valence-corrected chi connectivity index (χ3v) is 5.26. The molecule has 0 unspecified atom stereocenters. The van der Waals surface area contributed by atoms with Crippen LogP contribution in [0.25, 0.3) is 11.0 Å². The molecule has 32 heavy (non-hydrogen) atoms. The molecule has 164 valence electrons. The van der Waals surface area contributed by atoms with E-state index in [0.717, 1.165) is 29.1 Å². The van der Waals surface area contributed by atoms with Gasteiger partial charge in [0.25, 0.3) is 0 Å². The van der Waals surface area contributed by atoms with Gasteiger partial charge in [-0.2, -0.15) is 0 Å². The average Bonchev–Trinajstić information content (AvgIpc) is 3.18. The van der Waals surface area contributed by atoms with Crippen LogP contribution in [0, 0.1) is 0 Å². The van der Waals surface area contributed by atoms with Crippen molar-refractivity contribution in [1.29, 1.82) is 0 Å². The van der Waals surface area contributed by atoms with E-state index in [-0.39, 0.29) is 12.2 Å². The van der Waals surface area contributed by atoms with E-state index in [1.165, 1.54) is 0 Å². The summed E-state index contributed by atoms with van der Waals surface area (Å²) in [7, 11) is 3.23. The molecule has 0 bridgehead atoms. The van der Waals surface area contributed by atoms with Crippen molar-refractivity contribution < 1.29 is 24.1 Å². The summed E-state index contributed by atoms with van der Waals surface area (Å²) in [5.74, 6) is 1.86. The summed E-state index contributed by atoms with van der Waals surface area (Å²) in [5, 5.41) is 9.34. The molecule has 0 aliphatic rings. The maximum atomic E-state index is 11.4. The monoisotopic (exact) mass is 432 g/mol. The molecule has 0 atom stereocenters. The molecule has 0 saturated heterocycles. The number of carboxylic acids is 1. The number of carbonyl (C=O) groups is 1. The summed E-state index contributed by atoms with van der Waals surface area (Å²) in [4.78, 5) is 16.1. The minimum atomic E-state index is -0.978. The first-order valence-electron chi connectivity index (χ1n) is 10.2. The highest BCUT2D eigenvalue weighted by molar-refractivity contribution is 5.92. The quantitative estimate of drug-likeness (QED) is 0.417. The molecule has 0 aliphatic heterocycles. The van der Waals surface area contributed by atoms with Crippen LogP contribution in [0.15, 0.2) is 66.7 Å². The molecule has 7 nitrogen and oxygen atoms in total. The van der Waals surface area contributed by atoms with E-state index in [4.69, 9.17) is 14.2 Å². The van der Waals surface area contributed by atoms with E-state index in [9.17, 15) is 9.90 Å². The number of carboxylic acid groups (broad SMARTS) is 1. The van der Waals surface area contributed by atoms with E-state index in [2.05, 4.69) is 9.55 Å². The molecule has 0 spiro atoms. The van der Waals surface area contributed by atoms with Gasteiger partial charge >= 0.3 is 5.97 Å². The van der Waals surface area contributed by atoms with Gasteiger partial charge in [-0.15, -0.1) is 0 Å². The van der Waals surface area contributed by atoms with E-state index >= 15 is 0 Å². The van der Waals surface area contributed by atoms with Crippen molar-refractivity contribution in [3.8, 4) is 17.2 Å². The SMILES string of the molecule is COc1ccc(CCn2c(COc3ccccc3)nc3cc(C(=O)O)ccc32)cc1OC. The van der Waals surface area contributed by atoms with Crippen molar-refractivity contribution in [2.24, 2.45) is 0 Å². The Morgan fingerprint density at radius 1 is 0.969 bits per heavy atom. The minimum Gasteiger partial charge on any atom is -0.493 e. The second kappa shape index (κ2) is 9.43. The van der Waals surface area contributed by atoms with Crippen LogP contribution in [-0.2, 0) is 19.6 Å². The fraction of sp³-hybridized carbons (Fsp3) is 0.200. The molecule has 0 fully saturated rings. The van der Waals surface area contributed by atoms with Crippen molar-refractivity contribution >= 4 is 17.0 Å². The molecule has 7 heteroatoms. The van der Waals surface area contributed by atoms with Gasteiger partial charge in [0, 0.05) is 6.54 Å². The highest BCUT2D eigenvalue weighted by atomic mass is 16.5. The zero-order valence-corrected chi connectivity index (χ0v) is 17.9. The number of hydrogen-bond donors (Lipinski definition) is 1. The normalized spacial score (nSPS) is 10.8. The van der Waals surface area contributed by atoms with Crippen LogP contribution < -0.4 is 14.2 Å². The summed E-state index contributed by atoms with van der Waals surface area (Å²) in [6.45, 7) is 0.916. The molecular formula is C25H24N2O5. The maximum Gasteiger partial charge on any atom is 0.335 e. The largest absolute Gasteiger partial charge is 0.493 e. The third-order valence-electron chi connectivity index (χ3n) is 5.26. The van der Waals surface area contributed by atoms with Crippen LogP contribution in [0.3, 0.4) is 0 Å². The lowest BCUT2D eigenvalue weighted by atomic mass is 10.1. The third kappa shape index (κ3) is 4.51. The zero-order valence-electron chi connectivity index (χ0n) is 17.9. The summed E-state index contributed by atoms with van der Waals surface area (Å²) < 4.78 is 18.7. The standard InChI is InChI=1S/C25H24N2O5/c1-30-22-11-8-17(14-23(22)31-2)12-13-27-21-10-9-18(25(28)29)15-20(21)26-24(27)16-32-19-6-4-3-5-7-19/h3-11,14-15H,12-13,16H2,1-2H3,(H,28,29). The number of rotatable bonds is 9. The van der Waals surface area contributed by atoms with Crippen molar-refractivity contribution in [3.05, 3.63) is 83.7 Å². The Morgan fingerprint density at radius 2 is 1.75 bits per heavy atom. The van der Waals surface area contributed by atoms with Crippen LogP contribution in [-0.4, -0.2) is 34.8 Å². The highest BCUT2D eigenvalue weighted by Crippen LogP contribution is 2.28. The molecule has 0 saturated carbocycles. The highest BCUT2D eigenvalue weighted by Gasteiger charge is 2.14. The lowest BCUT2D eigenvalue weighted by Gasteiger charge is -2.12. The number of aryl methyl sites for hydroxylation is 2. The van der Waals surface area contributed by atoms with Crippen LogP contribution >= 0.6 is 0 Å². The Labute approximate surface area is 185 Å². The molecule has 4 rings (SSSR count). The summed E-state index contributed by atoms with van der Waals surface area (Å²) in [6.07, 6.45) is 0.727. The fourth-order valence-electron chi connectivity index (χ4n) is 3.61. The van der Waals surface area contributed by atoms with Crippen LogP contribution in [0.1, 0.15) is 21.7 Å². The van der Waals surface area contributed by atoms with Gasteiger partial charge in [-0.25, -0.2) is 9.78 Å². The van der Waals surface area contributed by atoms with Crippen LogP contribution in [0.5, 0.6) is 17.2 Å². The van der Waals surface area contributed by atoms with Gasteiger partial charge in [0.1, 0.15) is 18.2 Å². The van der Waals surface area contributed by atoms with Gasteiger partial charge in [-0.05, 0) is 54.4 Å². The van der Waals surface area contributed by atoms with E-state index in [1.54, 1.807) is 32.4 Å². The molecule has 0 amide bonds. The Morgan fingerprint density at radius 3 is 2.47 bits per heavy atom. The summed E-state index contributed by atoms with van der Waals surface area (Å²) >= 11 is 0. The first kappa shape index (κ1) is 21.2. The van der Waals surface area contributed by atoms with Gasteiger partial charge in [0.2, 0.25) is 0 Å². The Bertz CT molecular complexity index is 1230. The van der Waals surface area contributed by atoms with Crippen molar-refractivity contribution in [2.75, 3.05) is 14.2 Å². The Hall–Kier alpha value is -4.00. The number of fused-ring (bicyclic) bond motifs is 1. The fourth-order valence-corrected chi connectivity index (χ4v) is 3.61. The number of methoxy groups -OCH3 is 2. The summed E-state index contributed by atoms with van der Waals surface area (Å²) in [5.41, 5.74) is 2.78. The lowest BCUT2D eigenvalue weighted by Crippen LogP contribution is -2.09. The predicted molar refractivity (Wildman–Crippen MR) is 121 cm³/mol. The number of para-hydroxylation sites is 1. The van der Waals surface area contributed by atoms with E-state index in [1.807, 2.05) is 48.5 Å². The predicted octanol–water partition coefficient (Wildman–Crippen LogP) is 4.57. The van der Waals surface area contributed by atoms with E-state index in [0.29, 0.717) is 23.6 Å². The molecule has 1 heterocycles. The number of aromatic carboxylic acids is 1. The number of nitrogens with zero attached hydrogens (tertiary/aromatic N) is 2. The molecule has 1 N–H and O–H groups in total. The molecule has 0 radical (unpaired) electrons. The van der Waals surface area contributed by atoms with Gasteiger partial charge in [-0.1, -0.05) is 24.3 Å². The Kier molecular flexibility index (Phi) is 6.26. The van der Waals surface area contributed by atoms with Crippen molar-refractivity contribution in [1.82, 2.24) is 9.55 Å². The molecular weight excluding hydrogens is 408 g/mol. The van der Waals surface area contributed by atoms with Crippen molar-refractivity contribution in [3.63, 3.8) is 0 Å². The summed E-state index contributed by atoms with van der Waals surface area (Å²) in [6, 6.07) is 20.4. The van der Waals surface area contributed by atoms with Crippen LogP contribution in [0.2, 0.25) is 0 Å². The van der Waals surface area contributed by atoms with Gasteiger partial charge in [-0.3, -0.25) is 0 Å². The van der Waals surface area contributed by atoms with Crippen molar-refractivity contribution in [2.45, 2.75) is 19.6 Å². The Balaban J connectivity index is 1.63. The number of imidazole rings is 1. The number of hydrogen-bond acceptors (Lipinski definition) is 5. The van der Waals surface area contributed by atoms with Gasteiger partial charge in [0.15, 0.2) is 11.5 Å².